The first-order chi connectivity index (χ1) is 6.09. The van der Waals surface area contributed by atoms with Crippen LogP contribution in [0.3, 0.4) is 0 Å². The van der Waals surface area contributed by atoms with E-state index < -0.39 is 0 Å². The summed E-state index contributed by atoms with van der Waals surface area (Å²) in [7, 11) is 0. The summed E-state index contributed by atoms with van der Waals surface area (Å²) in [5, 5.41) is 0.453. The summed E-state index contributed by atoms with van der Waals surface area (Å²) in [6, 6.07) is 8.52. The fraction of sp³-hybridized carbons (Fsp3) is 0.400. The van der Waals surface area contributed by atoms with E-state index in [9.17, 15) is 0 Å². The van der Waals surface area contributed by atoms with E-state index in [-0.39, 0.29) is 6.04 Å². The van der Waals surface area contributed by atoms with Gasteiger partial charge in [0, 0.05) is 20.7 Å². The van der Waals surface area contributed by atoms with Crippen LogP contribution in [-0.2, 0) is 0 Å². The Morgan fingerprint density at radius 3 is 2.62 bits per heavy atom. The lowest BCUT2D eigenvalue weighted by Gasteiger charge is -2.14. The Kier molecular flexibility index (Phi) is 4.29. The molecule has 1 aromatic carbocycles. The van der Waals surface area contributed by atoms with Gasteiger partial charge in [0.1, 0.15) is 0 Å². The van der Waals surface area contributed by atoms with Crippen molar-refractivity contribution in [1.29, 1.82) is 0 Å². The maximum absolute atomic E-state index is 5.79. The van der Waals surface area contributed by atoms with Crippen molar-refractivity contribution in [2.75, 3.05) is 0 Å². The molecule has 0 saturated carbocycles. The van der Waals surface area contributed by atoms with Crippen LogP contribution in [-0.4, -0.2) is 11.3 Å². The predicted octanol–water partition coefficient (Wildman–Crippen LogP) is 3.28. The molecule has 13 heavy (non-hydrogen) atoms. The highest BCUT2D eigenvalue weighted by atomic mass is 79.9. The SMILES string of the molecule is CC(N)C(C)Sc1cccc(Br)c1. The molecule has 0 aromatic heterocycles. The second kappa shape index (κ2) is 5.03. The number of rotatable bonds is 3. The Hall–Kier alpha value is 0.01000. The molecule has 0 bridgehead atoms. The largest absolute Gasteiger partial charge is 0.327 e. The smallest absolute Gasteiger partial charge is 0.0215 e. The second-order valence-corrected chi connectivity index (χ2v) is 5.51. The number of thioether (sulfide) groups is 1. The van der Waals surface area contributed by atoms with Gasteiger partial charge >= 0.3 is 0 Å². The lowest BCUT2D eigenvalue weighted by atomic mass is 10.3. The van der Waals surface area contributed by atoms with Crippen LogP contribution < -0.4 is 5.73 Å². The molecule has 1 nitrogen and oxygen atoms in total. The zero-order valence-electron chi connectivity index (χ0n) is 7.83. The summed E-state index contributed by atoms with van der Waals surface area (Å²) >= 11 is 5.26. The molecule has 2 unspecified atom stereocenters. The van der Waals surface area contributed by atoms with Gasteiger partial charge in [0.05, 0.1) is 0 Å². The summed E-state index contributed by atoms with van der Waals surface area (Å²) in [6.07, 6.45) is 0. The molecule has 1 aromatic rings. The molecule has 0 radical (unpaired) electrons. The van der Waals surface area contributed by atoms with Gasteiger partial charge in [0.15, 0.2) is 0 Å². The van der Waals surface area contributed by atoms with Crippen LogP contribution in [0.4, 0.5) is 0 Å². The number of benzene rings is 1. The van der Waals surface area contributed by atoms with Gasteiger partial charge < -0.3 is 5.73 Å². The van der Waals surface area contributed by atoms with Gasteiger partial charge in [-0.15, -0.1) is 11.8 Å². The fourth-order valence-electron chi connectivity index (χ4n) is 0.862. The van der Waals surface area contributed by atoms with Crippen LogP contribution >= 0.6 is 27.7 Å². The molecule has 1 rings (SSSR count). The second-order valence-electron chi connectivity index (χ2n) is 3.14. The van der Waals surface area contributed by atoms with Crippen LogP contribution in [0.15, 0.2) is 33.6 Å². The third-order valence-electron chi connectivity index (χ3n) is 1.86. The molecule has 0 aliphatic heterocycles. The number of halogens is 1. The van der Waals surface area contributed by atoms with E-state index in [1.165, 1.54) is 4.90 Å². The summed E-state index contributed by atoms with van der Waals surface area (Å²) in [6.45, 7) is 4.19. The van der Waals surface area contributed by atoms with Crippen molar-refractivity contribution in [3.63, 3.8) is 0 Å². The van der Waals surface area contributed by atoms with Crippen LogP contribution in [0, 0.1) is 0 Å². The molecule has 3 heteroatoms. The summed E-state index contributed by atoms with van der Waals surface area (Å²) in [4.78, 5) is 1.26. The molecule has 0 spiro atoms. The third kappa shape index (κ3) is 3.71. The van der Waals surface area contributed by atoms with Crippen molar-refractivity contribution in [2.24, 2.45) is 5.73 Å². The van der Waals surface area contributed by atoms with E-state index in [1.807, 2.05) is 30.8 Å². The average molecular weight is 260 g/mol. The Bertz CT molecular complexity index is 275. The highest BCUT2D eigenvalue weighted by molar-refractivity contribution is 9.10. The topological polar surface area (TPSA) is 26.0 Å². The fourth-order valence-corrected chi connectivity index (χ4v) is 2.41. The standard InChI is InChI=1S/C10H14BrNS/c1-7(12)8(2)13-10-5-3-4-9(11)6-10/h3-8H,12H2,1-2H3. The summed E-state index contributed by atoms with van der Waals surface area (Å²) in [5.74, 6) is 0. The van der Waals surface area contributed by atoms with E-state index >= 15 is 0 Å². The number of nitrogens with two attached hydrogens (primary N) is 1. The summed E-state index contributed by atoms with van der Waals surface area (Å²) in [5.41, 5.74) is 5.79. The van der Waals surface area contributed by atoms with Crippen molar-refractivity contribution < 1.29 is 0 Å². The first-order valence-electron chi connectivity index (χ1n) is 4.27. The lowest BCUT2D eigenvalue weighted by molar-refractivity contribution is 0.731. The van der Waals surface area contributed by atoms with Crippen molar-refractivity contribution in [3.05, 3.63) is 28.7 Å². The van der Waals surface area contributed by atoms with Gasteiger partial charge in [0.2, 0.25) is 0 Å². The number of hydrogen-bond donors (Lipinski definition) is 1. The first kappa shape index (κ1) is 11.1. The van der Waals surface area contributed by atoms with Crippen molar-refractivity contribution in [2.45, 2.75) is 30.0 Å². The Morgan fingerprint density at radius 2 is 2.08 bits per heavy atom. The van der Waals surface area contributed by atoms with Gasteiger partial charge in [-0.2, -0.15) is 0 Å². The highest BCUT2D eigenvalue weighted by Crippen LogP contribution is 2.26. The maximum atomic E-state index is 5.79. The van der Waals surface area contributed by atoms with E-state index in [0.29, 0.717) is 5.25 Å². The lowest BCUT2D eigenvalue weighted by Crippen LogP contribution is -2.26. The minimum Gasteiger partial charge on any atom is -0.327 e. The highest BCUT2D eigenvalue weighted by Gasteiger charge is 2.08. The molecule has 2 atom stereocenters. The van der Waals surface area contributed by atoms with Crippen LogP contribution in [0.1, 0.15) is 13.8 Å². The van der Waals surface area contributed by atoms with Crippen molar-refractivity contribution in [3.8, 4) is 0 Å². The van der Waals surface area contributed by atoms with Gasteiger partial charge in [-0.3, -0.25) is 0 Å². The van der Waals surface area contributed by atoms with E-state index in [1.54, 1.807) is 0 Å². The van der Waals surface area contributed by atoms with Crippen LogP contribution in [0.25, 0.3) is 0 Å². The quantitative estimate of drug-likeness (QED) is 0.844. The molecule has 0 fully saturated rings. The van der Waals surface area contributed by atoms with Gasteiger partial charge in [-0.05, 0) is 25.1 Å². The Labute approximate surface area is 92.2 Å². The monoisotopic (exact) mass is 259 g/mol. The van der Waals surface area contributed by atoms with Crippen LogP contribution in [0.2, 0.25) is 0 Å². The molecule has 72 valence electrons. The molecule has 0 saturated heterocycles. The first-order valence-corrected chi connectivity index (χ1v) is 5.94. The van der Waals surface area contributed by atoms with Gasteiger partial charge in [0.25, 0.3) is 0 Å². The van der Waals surface area contributed by atoms with Crippen molar-refractivity contribution >= 4 is 27.7 Å². The third-order valence-corrected chi connectivity index (χ3v) is 3.68. The normalized spacial score (nSPS) is 15.4. The molecule has 2 N–H and O–H groups in total. The van der Waals surface area contributed by atoms with Crippen LogP contribution in [0.5, 0.6) is 0 Å². The average Bonchev–Trinajstić information content (AvgIpc) is 2.04. The zero-order valence-corrected chi connectivity index (χ0v) is 10.2. The molecular weight excluding hydrogens is 246 g/mol. The molecule has 0 amide bonds. The van der Waals surface area contributed by atoms with E-state index in [2.05, 4.69) is 35.0 Å². The molecule has 0 aliphatic rings. The Balaban J connectivity index is 2.64. The molecule has 0 aliphatic carbocycles. The van der Waals surface area contributed by atoms with Gasteiger partial charge in [-0.25, -0.2) is 0 Å². The van der Waals surface area contributed by atoms with E-state index in [4.69, 9.17) is 5.73 Å². The maximum Gasteiger partial charge on any atom is 0.0215 e. The Morgan fingerprint density at radius 1 is 1.38 bits per heavy atom. The van der Waals surface area contributed by atoms with Gasteiger partial charge in [-0.1, -0.05) is 28.9 Å². The van der Waals surface area contributed by atoms with E-state index in [0.717, 1.165) is 4.47 Å². The predicted molar refractivity (Wildman–Crippen MR) is 63.1 cm³/mol. The molecular formula is C10H14BrNS. The molecule has 0 heterocycles. The minimum absolute atomic E-state index is 0.226. The number of hydrogen-bond acceptors (Lipinski definition) is 2. The summed E-state index contributed by atoms with van der Waals surface area (Å²) < 4.78 is 1.12. The minimum atomic E-state index is 0.226. The zero-order chi connectivity index (χ0) is 9.84. The van der Waals surface area contributed by atoms with Crippen molar-refractivity contribution in [1.82, 2.24) is 0 Å².